The molecule has 10 nitrogen and oxygen atoms in total. The number of carbonyl (C=O) groups is 4. The van der Waals surface area contributed by atoms with Gasteiger partial charge >= 0.3 is 12.1 Å². The number of nitrogens with one attached hydrogen (secondary N) is 2. The molecule has 3 amide bonds. The highest BCUT2D eigenvalue weighted by Crippen LogP contribution is 2.23. The van der Waals surface area contributed by atoms with E-state index in [0.717, 1.165) is 24.0 Å². The predicted octanol–water partition coefficient (Wildman–Crippen LogP) is 4.31. The number of ether oxygens (including phenoxy) is 2. The average molecular weight is 634 g/mol. The molecule has 0 saturated carbocycles. The van der Waals surface area contributed by atoms with Crippen LogP contribution in [0.3, 0.4) is 0 Å². The maximum atomic E-state index is 13.5. The van der Waals surface area contributed by atoms with Crippen molar-refractivity contribution in [2.45, 2.75) is 76.5 Å². The zero-order valence-corrected chi connectivity index (χ0v) is 26.5. The molecule has 0 aliphatic carbocycles. The number of hydrogen-bond donors (Lipinski definition) is 3. The van der Waals surface area contributed by atoms with Crippen LogP contribution in [0, 0.1) is 11.8 Å². The molecule has 46 heavy (non-hydrogen) atoms. The van der Waals surface area contributed by atoms with Gasteiger partial charge in [-0.2, -0.15) is 0 Å². The van der Waals surface area contributed by atoms with Gasteiger partial charge in [0, 0.05) is 19.5 Å². The Morgan fingerprint density at radius 3 is 2.37 bits per heavy atom. The van der Waals surface area contributed by atoms with Crippen LogP contribution >= 0.6 is 0 Å². The van der Waals surface area contributed by atoms with Crippen LogP contribution in [0.5, 0.6) is 0 Å². The highest BCUT2D eigenvalue weighted by Gasteiger charge is 2.32. The van der Waals surface area contributed by atoms with Gasteiger partial charge in [-0.25, -0.2) is 4.79 Å². The lowest BCUT2D eigenvalue weighted by Gasteiger charge is -2.27. The number of rotatable bonds is 12. The van der Waals surface area contributed by atoms with E-state index < -0.39 is 18.1 Å². The molecule has 0 radical (unpaired) electrons. The summed E-state index contributed by atoms with van der Waals surface area (Å²) in [6.45, 7) is 1.11. The average Bonchev–Trinajstić information content (AvgIpc) is 3.56. The number of alkyl carbamates (subject to hydrolysis) is 1. The summed E-state index contributed by atoms with van der Waals surface area (Å²) in [7, 11) is 0. The summed E-state index contributed by atoms with van der Waals surface area (Å²) in [5.74, 6) is -1.67. The van der Waals surface area contributed by atoms with Crippen molar-refractivity contribution < 1.29 is 33.8 Å². The number of esters is 1. The molecule has 0 spiro atoms. The van der Waals surface area contributed by atoms with Gasteiger partial charge in [-0.05, 0) is 62.5 Å². The molecular weight excluding hydrogens is 586 g/mol. The monoisotopic (exact) mass is 633 g/mol. The van der Waals surface area contributed by atoms with E-state index in [0.29, 0.717) is 51.6 Å². The summed E-state index contributed by atoms with van der Waals surface area (Å²) in [5.41, 5.74) is 1.94. The van der Waals surface area contributed by atoms with Crippen molar-refractivity contribution in [3.05, 3.63) is 83.9 Å². The van der Waals surface area contributed by atoms with Gasteiger partial charge in [0.05, 0.1) is 30.5 Å². The van der Waals surface area contributed by atoms with Gasteiger partial charge in [0.2, 0.25) is 11.8 Å². The molecule has 3 N–H and O–H groups in total. The normalized spacial score (nSPS) is 22.2. The Hall–Kier alpha value is -4.18. The van der Waals surface area contributed by atoms with Crippen molar-refractivity contribution in [1.82, 2.24) is 15.5 Å². The number of hydrogen-bond acceptors (Lipinski definition) is 7. The molecule has 0 bridgehead atoms. The van der Waals surface area contributed by atoms with Crippen LogP contribution in [-0.2, 0) is 36.9 Å². The quantitative estimate of drug-likeness (QED) is 0.180. The summed E-state index contributed by atoms with van der Waals surface area (Å²) in [6, 6.07) is 18.6. The number of carbonyl (C=O) groups excluding carboxylic acids is 4. The van der Waals surface area contributed by atoms with E-state index in [1.807, 2.05) is 72.8 Å². The first-order valence-corrected chi connectivity index (χ1v) is 16.4. The molecule has 4 unspecified atom stereocenters. The second kappa shape index (κ2) is 18.7. The van der Waals surface area contributed by atoms with E-state index in [1.54, 1.807) is 4.90 Å². The minimum atomic E-state index is -0.588. The molecule has 2 aromatic carbocycles. The fraction of sp³-hybridized carbons (Fsp3) is 0.500. The van der Waals surface area contributed by atoms with E-state index in [1.165, 1.54) is 0 Å². The third-order valence-electron chi connectivity index (χ3n) is 8.60. The van der Waals surface area contributed by atoms with E-state index >= 15 is 0 Å². The lowest BCUT2D eigenvalue weighted by molar-refractivity contribution is -0.150. The van der Waals surface area contributed by atoms with Crippen LogP contribution in [-0.4, -0.2) is 72.3 Å². The first-order valence-electron chi connectivity index (χ1n) is 16.4. The smallest absolute Gasteiger partial charge is 0.407 e. The maximum absolute atomic E-state index is 13.5. The number of unbranched alkanes of at least 4 members (excludes halogenated alkanes) is 1. The molecule has 10 heteroatoms. The maximum Gasteiger partial charge on any atom is 0.407 e. The summed E-state index contributed by atoms with van der Waals surface area (Å²) >= 11 is 0. The summed E-state index contributed by atoms with van der Waals surface area (Å²) < 4.78 is 11.0. The molecule has 4 rings (SSSR count). The van der Waals surface area contributed by atoms with Gasteiger partial charge in [-0.1, -0.05) is 72.8 Å². The number of allylic oxidation sites excluding steroid dienone is 2. The van der Waals surface area contributed by atoms with Gasteiger partial charge in [-0.3, -0.25) is 14.4 Å². The fourth-order valence-electron chi connectivity index (χ4n) is 5.94. The van der Waals surface area contributed by atoms with Crippen LogP contribution in [0.1, 0.15) is 62.5 Å². The highest BCUT2D eigenvalue weighted by molar-refractivity contribution is 5.86. The lowest BCUT2D eigenvalue weighted by Crippen LogP contribution is -2.45. The van der Waals surface area contributed by atoms with E-state index in [-0.39, 0.29) is 56.0 Å². The van der Waals surface area contributed by atoms with E-state index in [9.17, 15) is 24.3 Å². The van der Waals surface area contributed by atoms with Crippen LogP contribution in [0.2, 0.25) is 0 Å². The van der Waals surface area contributed by atoms with Crippen molar-refractivity contribution in [2.75, 3.05) is 26.3 Å². The van der Waals surface area contributed by atoms with Crippen LogP contribution in [0.25, 0.3) is 0 Å². The van der Waals surface area contributed by atoms with Gasteiger partial charge in [0.25, 0.3) is 0 Å². The van der Waals surface area contributed by atoms with Gasteiger partial charge in [0.15, 0.2) is 0 Å². The van der Waals surface area contributed by atoms with Crippen molar-refractivity contribution in [3.8, 4) is 0 Å². The van der Waals surface area contributed by atoms with Crippen molar-refractivity contribution in [2.24, 2.45) is 11.8 Å². The van der Waals surface area contributed by atoms with E-state index in [2.05, 4.69) is 10.6 Å². The molecule has 0 aromatic heterocycles. The topological polar surface area (TPSA) is 134 Å². The third-order valence-corrected chi connectivity index (χ3v) is 8.60. The Labute approximate surface area is 271 Å². The Bertz CT molecular complexity index is 1290. The number of aliphatic hydroxyl groups is 1. The van der Waals surface area contributed by atoms with Crippen molar-refractivity contribution in [1.29, 1.82) is 0 Å². The highest BCUT2D eigenvalue weighted by atomic mass is 16.5. The van der Waals surface area contributed by atoms with Gasteiger partial charge < -0.3 is 30.1 Å². The van der Waals surface area contributed by atoms with Crippen LogP contribution < -0.4 is 10.6 Å². The van der Waals surface area contributed by atoms with Crippen molar-refractivity contribution in [3.63, 3.8) is 0 Å². The zero-order valence-electron chi connectivity index (χ0n) is 26.5. The number of likely N-dealkylation sites (tertiary alicyclic amines) is 1. The first kappa shape index (κ1) is 34.7. The van der Waals surface area contributed by atoms with E-state index in [4.69, 9.17) is 9.47 Å². The number of aliphatic hydroxyl groups excluding tert-OH is 1. The molecule has 2 aromatic rings. The molecule has 4 atom stereocenters. The zero-order chi connectivity index (χ0) is 32.6. The summed E-state index contributed by atoms with van der Waals surface area (Å²) in [5, 5.41) is 15.5. The number of nitrogens with zero attached hydrogens (tertiary/aromatic N) is 1. The summed E-state index contributed by atoms with van der Waals surface area (Å²) in [6.07, 6.45) is 8.12. The Morgan fingerprint density at radius 2 is 1.65 bits per heavy atom. The summed E-state index contributed by atoms with van der Waals surface area (Å²) in [4.78, 5) is 53.7. The third kappa shape index (κ3) is 11.3. The van der Waals surface area contributed by atoms with Crippen LogP contribution in [0.15, 0.2) is 72.8 Å². The number of cyclic esters (lactones) is 1. The largest absolute Gasteiger partial charge is 0.463 e. The first-order chi connectivity index (χ1) is 22.4. The Kier molecular flexibility index (Phi) is 14.1. The molecule has 1 saturated heterocycles. The predicted molar refractivity (Wildman–Crippen MR) is 173 cm³/mol. The lowest BCUT2D eigenvalue weighted by atomic mass is 9.94. The Balaban J connectivity index is 1.35. The second-order valence-corrected chi connectivity index (χ2v) is 12.1. The molecular formula is C36H47N3O7. The minimum Gasteiger partial charge on any atom is -0.463 e. The fourth-order valence-corrected chi connectivity index (χ4v) is 5.94. The SMILES string of the molecule is O=C(NCCCCC1COC(=O)C(Cc2ccccc2)CC=CCC(CC(=O)N2CCCC2CO)C(=O)N1)OCc1ccccc1. The molecule has 2 aliphatic rings. The molecule has 2 aliphatic heterocycles. The minimum absolute atomic E-state index is 0.0193. The van der Waals surface area contributed by atoms with Crippen LogP contribution in [0.4, 0.5) is 4.79 Å². The Morgan fingerprint density at radius 1 is 0.957 bits per heavy atom. The molecule has 248 valence electrons. The molecule has 1 fully saturated rings. The number of amides is 3. The van der Waals surface area contributed by atoms with Crippen molar-refractivity contribution >= 4 is 23.9 Å². The second-order valence-electron chi connectivity index (χ2n) is 12.1. The van der Waals surface area contributed by atoms with Gasteiger partial charge in [0.1, 0.15) is 13.2 Å². The number of benzene rings is 2. The molecule has 2 heterocycles. The standard InChI is InChI=1S/C36H47N3O7/c40-24-32-19-11-21-39(32)33(41)23-29-16-7-8-17-30(22-27-12-3-1-4-13-27)35(43)45-26-31(38-34(29)42)18-9-10-20-37-36(44)46-25-28-14-5-2-6-15-28/h1-8,12-15,29-32,40H,9-11,16-26H2,(H,37,44)(H,38,42). The van der Waals surface area contributed by atoms with Gasteiger partial charge in [-0.15, -0.1) is 0 Å².